The number of halogens is 1. The van der Waals surface area contributed by atoms with E-state index in [-0.39, 0.29) is 6.61 Å². The number of ether oxygens (including phenoxy) is 1. The van der Waals surface area contributed by atoms with Gasteiger partial charge in [-0.1, -0.05) is 18.5 Å². The summed E-state index contributed by atoms with van der Waals surface area (Å²) in [5.41, 5.74) is 1.68. The molecule has 92 valence electrons. The number of hydrogen-bond acceptors (Lipinski definition) is 2. The Kier molecular flexibility index (Phi) is 5.04. The van der Waals surface area contributed by atoms with Crippen LogP contribution in [0.2, 0.25) is 5.02 Å². The van der Waals surface area contributed by atoms with Gasteiger partial charge in [0.15, 0.2) is 0 Å². The van der Waals surface area contributed by atoms with E-state index in [9.17, 15) is 4.79 Å². The fourth-order valence-electron chi connectivity index (χ4n) is 1.36. The summed E-state index contributed by atoms with van der Waals surface area (Å²) in [6.07, 6.45) is 1.97. The molecule has 0 heterocycles. The molecule has 17 heavy (non-hydrogen) atoms. The Morgan fingerprint density at radius 2 is 2.24 bits per heavy atom. The zero-order valence-electron chi connectivity index (χ0n) is 9.87. The van der Waals surface area contributed by atoms with Gasteiger partial charge in [-0.15, -0.1) is 0 Å². The summed E-state index contributed by atoms with van der Waals surface area (Å²) in [4.78, 5) is 10.4. The third kappa shape index (κ3) is 4.49. The Bertz CT molecular complexity index is 438. The molecule has 0 aliphatic rings. The van der Waals surface area contributed by atoms with Crippen molar-refractivity contribution in [2.75, 3.05) is 6.61 Å². The fraction of sp³-hybridized carbons (Fsp3) is 0.308. The lowest BCUT2D eigenvalue weighted by Gasteiger charge is -2.08. The summed E-state index contributed by atoms with van der Waals surface area (Å²) in [5.74, 6) is -0.263. The van der Waals surface area contributed by atoms with Gasteiger partial charge in [0.1, 0.15) is 12.4 Å². The van der Waals surface area contributed by atoms with Crippen molar-refractivity contribution in [2.45, 2.75) is 20.3 Å². The second kappa shape index (κ2) is 6.30. The predicted molar refractivity (Wildman–Crippen MR) is 67.7 cm³/mol. The SMILES string of the molecule is CCc1cc(OCC(C)=CC(=O)O)ccc1Cl. The second-order valence-corrected chi connectivity index (χ2v) is 4.13. The van der Waals surface area contributed by atoms with Gasteiger partial charge in [-0.2, -0.15) is 0 Å². The number of carboxylic acid groups (broad SMARTS) is 1. The standard InChI is InChI=1S/C13H15ClO3/c1-3-10-7-11(4-5-12(10)14)17-8-9(2)6-13(15)16/h4-7H,3,8H2,1-2H3,(H,15,16). The summed E-state index contributed by atoms with van der Waals surface area (Å²) in [5, 5.41) is 9.27. The molecule has 0 bridgehead atoms. The molecule has 0 radical (unpaired) electrons. The van der Waals surface area contributed by atoms with Gasteiger partial charge in [0.05, 0.1) is 0 Å². The smallest absolute Gasteiger partial charge is 0.328 e. The van der Waals surface area contributed by atoms with Crippen molar-refractivity contribution in [2.24, 2.45) is 0 Å². The summed E-state index contributed by atoms with van der Waals surface area (Å²) < 4.78 is 5.48. The van der Waals surface area contributed by atoms with E-state index in [2.05, 4.69) is 0 Å². The third-order valence-corrected chi connectivity index (χ3v) is 2.60. The third-order valence-electron chi connectivity index (χ3n) is 2.23. The molecule has 0 amide bonds. The van der Waals surface area contributed by atoms with Crippen LogP contribution in [0.3, 0.4) is 0 Å². The van der Waals surface area contributed by atoms with Crippen LogP contribution in [-0.2, 0) is 11.2 Å². The number of aryl methyl sites for hydroxylation is 1. The van der Waals surface area contributed by atoms with Crippen LogP contribution in [-0.4, -0.2) is 17.7 Å². The first kappa shape index (κ1) is 13.6. The molecule has 0 atom stereocenters. The molecule has 0 aliphatic heterocycles. The van der Waals surface area contributed by atoms with Crippen LogP contribution >= 0.6 is 11.6 Å². The van der Waals surface area contributed by atoms with Gasteiger partial charge in [0.2, 0.25) is 0 Å². The van der Waals surface area contributed by atoms with Gasteiger partial charge >= 0.3 is 5.97 Å². The molecule has 0 aromatic heterocycles. The number of rotatable bonds is 5. The monoisotopic (exact) mass is 254 g/mol. The maximum absolute atomic E-state index is 10.4. The molecule has 0 spiro atoms. The summed E-state index contributed by atoms with van der Waals surface area (Å²) in [6.45, 7) is 3.99. The van der Waals surface area contributed by atoms with E-state index in [1.54, 1.807) is 19.1 Å². The van der Waals surface area contributed by atoms with E-state index in [1.165, 1.54) is 0 Å². The van der Waals surface area contributed by atoms with Crippen molar-refractivity contribution in [3.8, 4) is 5.75 Å². The minimum atomic E-state index is -0.962. The van der Waals surface area contributed by atoms with E-state index in [1.807, 2.05) is 13.0 Å². The number of benzene rings is 1. The van der Waals surface area contributed by atoms with Gasteiger partial charge in [0.25, 0.3) is 0 Å². The molecule has 0 saturated carbocycles. The summed E-state index contributed by atoms with van der Waals surface area (Å²) in [6, 6.07) is 5.43. The summed E-state index contributed by atoms with van der Waals surface area (Å²) in [7, 11) is 0. The van der Waals surface area contributed by atoms with Crippen LogP contribution in [0.5, 0.6) is 5.75 Å². The quantitative estimate of drug-likeness (QED) is 0.820. The molecule has 0 aliphatic carbocycles. The first-order chi connectivity index (χ1) is 8.02. The van der Waals surface area contributed by atoms with Gasteiger partial charge in [-0.05, 0) is 42.7 Å². The molecule has 1 aromatic rings. The zero-order valence-corrected chi connectivity index (χ0v) is 10.6. The van der Waals surface area contributed by atoms with Crippen molar-refractivity contribution in [3.63, 3.8) is 0 Å². The van der Waals surface area contributed by atoms with E-state index in [0.29, 0.717) is 11.3 Å². The molecule has 0 fully saturated rings. The molecule has 4 heteroatoms. The lowest BCUT2D eigenvalue weighted by atomic mass is 10.1. The van der Waals surface area contributed by atoms with Crippen LogP contribution in [0.4, 0.5) is 0 Å². The van der Waals surface area contributed by atoms with Crippen LogP contribution < -0.4 is 4.74 Å². The Morgan fingerprint density at radius 1 is 1.53 bits per heavy atom. The lowest BCUT2D eigenvalue weighted by Crippen LogP contribution is -2.01. The molecule has 1 N–H and O–H groups in total. The second-order valence-electron chi connectivity index (χ2n) is 3.72. The first-order valence-corrected chi connectivity index (χ1v) is 5.72. The Hall–Kier alpha value is -1.48. The van der Waals surface area contributed by atoms with Crippen LogP contribution in [0.25, 0.3) is 0 Å². The number of hydrogen-bond donors (Lipinski definition) is 1. The Balaban J connectivity index is 2.67. The van der Waals surface area contributed by atoms with Gasteiger partial charge in [0, 0.05) is 11.1 Å². The normalized spacial score (nSPS) is 11.4. The predicted octanol–water partition coefficient (Wildman–Crippen LogP) is 3.31. The maximum atomic E-state index is 10.4. The minimum absolute atomic E-state index is 0.261. The highest BCUT2D eigenvalue weighted by Gasteiger charge is 2.02. The van der Waals surface area contributed by atoms with Gasteiger partial charge in [-0.3, -0.25) is 0 Å². The molecule has 3 nitrogen and oxygen atoms in total. The van der Waals surface area contributed by atoms with Crippen LogP contribution in [0.15, 0.2) is 29.8 Å². The Labute approximate surface area is 106 Å². The maximum Gasteiger partial charge on any atom is 0.328 e. The number of carboxylic acids is 1. The van der Waals surface area contributed by atoms with E-state index in [4.69, 9.17) is 21.4 Å². The molecular weight excluding hydrogens is 240 g/mol. The number of carbonyl (C=O) groups is 1. The van der Waals surface area contributed by atoms with Crippen molar-refractivity contribution in [1.82, 2.24) is 0 Å². The average Bonchev–Trinajstić information content (AvgIpc) is 2.27. The van der Waals surface area contributed by atoms with E-state index >= 15 is 0 Å². The van der Waals surface area contributed by atoms with Gasteiger partial charge in [-0.25, -0.2) is 4.79 Å². The zero-order chi connectivity index (χ0) is 12.8. The van der Waals surface area contributed by atoms with E-state index in [0.717, 1.165) is 23.1 Å². The Morgan fingerprint density at radius 3 is 2.82 bits per heavy atom. The molecule has 1 rings (SSSR count). The topological polar surface area (TPSA) is 46.5 Å². The highest BCUT2D eigenvalue weighted by Crippen LogP contribution is 2.22. The fourth-order valence-corrected chi connectivity index (χ4v) is 1.61. The molecule has 0 saturated heterocycles. The van der Waals surface area contributed by atoms with Crippen molar-refractivity contribution in [3.05, 3.63) is 40.4 Å². The first-order valence-electron chi connectivity index (χ1n) is 5.34. The summed E-state index contributed by atoms with van der Waals surface area (Å²) >= 11 is 5.98. The molecule has 1 aromatic carbocycles. The molecule has 0 unspecified atom stereocenters. The minimum Gasteiger partial charge on any atom is -0.489 e. The number of aliphatic carboxylic acids is 1. The molecular formula is C13H15ClO3. The van der Waals surface area contributed by atoms with Crippen molar-refractivity contribution in [1.29, 1.82) is 0 Å². The largest absolute Gasteiger partial charge is 0.489 e. The van der Waals surface area contributed by atoms with Crippen LogP contribution in [0, 0.1) is 0 Å². The van der Waals surface area contributed by atoms with Gasteiger partial charge < -0.3 is 9.84 Å². The average molecular weight is 255 g/mol. The van der Waals surface area contributed by atoms with Crippen LogP contribution in [0.1, 0.15) is 19.4 Å². The highest BCUT2D eigenvalue weighted by molar-refractivity contribution is 6.31. The highest BCUT2D eigenvalue weighted by atomic mass is 35.5. The van der Waals surface area contributed by atoms with Crippen molar-refractivity contribution >= 4 is 17.6 Å². The lowest BCUT2D eigenvalue weighted by molar-refractivity contribution is -0.131. The van der Waals surface area contributed by atoms with Crippen molar-refractivity contribution < 1.29 is 14.6 Å². The van der Waals surface area contributed by atoms with E-state index < -0.39 is 5.97 Å².